The number of rotatable bonds is 4. The SMILES string of the molecule is COc1ccc(-c2cc(C(F)(F)F)n3nc(C(=O)N4CCC(C)CC4C)cc3n2)cc1OC. The molecular weight excluding hydrogens is 437 g/mol. The lowest BCUT2D eigenvalue weighted by molar-refractivity contribution is -0.142. The van der Waals surface area contributed by atoms with Gasteiger partial charge in [0.05, 0.1) is 19.9 Å². The van der Waals surface area contributed by atoms with Crippen LogP contribution >= 0.6 is 0 Å². The number of alkyl halides is 3. The Bertz CT molecular complexity index is 1190. The molecule has 0 saturated carbocycles. The highest BCUT2D eigenvalue weighted by atomic mass is 19.4. The van der Waals surface area contributed by atoms with Crippen molar-refractivity contribution in [3.63, 3.8) is 0 Å². The van der Waals surface area contributed by atoms with Crippen molar-refractivity contribution in [1.82, 2.24) is 19.5 Å². The molecule has 4 rings (SSSR count). The number of nitrogens with zero attached hydrogens (tertiary/aromatic N) is 4. The Kier molecular flexibility index (Phi) is 5.94. The molecule has 3 heterocycles. The fourth-order valence-corrected chi connectivity index (χ4v) is 4.28. The van der Waals surface area contributed by atoms with Gasteiger partial charge in [-0.3, -0.25) is 4.79 Å². The number of carbonyl (C=O) groups is 1. The lowest BCUT2D eigenvalue weighted by Crippen LogP contribution is -2.44. The van der Waals surface area contributed by atoms with E-state index in [9.17, 15) is 18.0 Å². The normalized spacial score (nSPS) is 19.1. The minimum absolute atomic E-state index is 0.0107. The molecule has 10 heteroatoms. The molecule has 33 heavy (non-hydrogen) atoms. The van der Waals surface area contributed by atoms with Gasteiger partial charge in [-0.15, -0.1) is 0 Å². The zero-order valence-corrected chi connectivity index (χ0v) is 18.8. The molecule has 1 amide bonds. The van der Waals surface area contributed by atoms with E-state index >= 15 is 0 Å². The first-order valence-corrected chi connectivity index (χ1v) is 10.6. The molecule has 2 aromatic heterocycles. The zero-order valence-electron chi connectivity index (χ0n) is 18.8. The lowest BCUT2D eigenvalue weighted by Gasteiger charge is -2.36. The third-order valence-electron chi connectivity index (χ3n) is 6.02. The van der Waals surface area contributed by atoms with E-state index in [1.165, 1.54) is 20.3 Å². The molecule has 1 aliphatic heterocycles. The van der Waals surface area contributed by atoms with Crippen molar-refractivity contribution >= 4 is 11.6 Å². The quantitative estimate of drug-likeness (QED) is 0.563. The predicted molar refractivity (Wildman–Crippen MR) is 115 cm³/mol. The van der Waals surface area contributed by atoms with Crippen LogP contribution in [0.25, 0.3) is 16.9 Å². The molecule has 2 unspecified atom stereocenters. The van der Waals surface area contributed by atoms with Crippen LogP contribution in [0.2, 0.25) is 0 Å². The molecule has 3 aromatic rings. The Morgan fingerprint density at radius 2 is 1.82 bits per heavy atom. The summed E-state index contributed by atoms with van der Waals surface area (Å²) in [6.07, 6.45) is -3.01. The second kappa shape index (κ2) is 8.57. The third kappa shape index (κ3) is 4.34. The van der Waals surface area contributed by atoms with Gasteiger partial charge >= 0.3 is 6.18 Å². The smallest absolute Gasteiger partial charge is 0.433 e. The monoisotopic (exact) mass is 462 g/mol. The predicted octanol–water partition coefficient (Wildman–Crippen LogP) is 4.69. The summed E-state index contributed by atoms with van der Waals surface area (Å²) < 4.78 is 52.9. The number of amides is 1. The fourth-order valence-electron chi connectivity index (χ4n) is 4.28. The van der Waals surface area contributed by atoms with Crippen molar-refractivity contribution < 1.29 is 27.4 Å². The molecule has 0 radical (unpaired) electrons. The number of ether oxygens (including phenoxy) is 2. The van der Waals surface area contributed by atoms with Gasteiger partial charge in [-0.05, 0) is 49.9 Å². The molecule has 0 spiro atoms. The van der Waals surface area contributed by atoms with Crippen molar-refractivity contribution in [2.24, 2.45) is 5.92 Å². The summed E-state index contributed by atoms with van der Waals surface area (Å²) in [5.74, 6) is 0.914. The summed E-state index contributed by atoms with van der Waals surface area (Å²) in [7, 11) is 2.91. The second-order valence-electron chi connectivity index (χ2n) is 8.37. The number of halogens is 3. The first-order valence-electron chi connectivity index (χ1n) is 10.6. The van der Waals surface area contributed by atoms with Crippen LogP contribution in [-0.4, -0.2) is 52.2 Å². The maximum absolute atomic E-state index is 13.9. The van der Waals surface area contributed by atoms with Gasteiger partial charge in [-0.25, -0.2) is 9.50 Å². The number of hydrogen-bond acceptors (Lipinski definition) is 5. The topological polar surface area (TPSA) is 69.0 Å². The van der Waals surface area contributed by atoms with E-state index in [1.807, 2.05) is 6.92 Å². The first kappa shape index (κ1) is 22.9. The minimum atomic E-state index is -4.70. The summed E-state index contributed by atoms with van der Waals surface area (Å²) >= 11 is 0. The van der Waals surface area contributed by atoms with Crippen molar-refractivity contribution in [3.8, 4) is 22.8 Å². The van der Waals surface area contributed by atoms with Crippen LogP contribution in [0, 0.1) is 5.92 Å². The van der Waals surface area contributed by atoms with Crippen LogP contribution in [-0.2, 0) is 6.18 Å². The molecule has 2 atom stereocenters. The number of piperidine rings is 1. The van der Waals surface area contributed by atoms with E-state index < -0.39 is 11.9 Å². The molecule has 1 aliphatic rings. The summed E-state index contributed by atoms with van der Waals surface area (Å²) in [5.41, 5.74) is -0.644. The second-order valence-corrected chi connectivity index (χ2v) is 8.37. The zero-order chi connectivity index (χ0) is 23.9. The minimum Gasteiger partial charge on any atom is -0.493 e. The Morgan fingerprint density at radius 3 is 2.45 bits per heavy atom. The average molecular weight is 462 g/mol. The maximum Gasteiger partial charge on any atom is 0.433 e. The number of fused-ring (bicyclic) bond motifs is 1. The number of aromatic nitrogens is 3. The van der Waals surface area contributed by atoms with Gasteiger partial charge in [0.25, 0.3) is 5.91 Å². The van der Waals surface area contributed by atoms with Gasteiger partial charge in [0, 0.05) is 24.2 Å². The van der Waals surface area contributed by atoms with Crippen molar-refractivity contribution in [2.45, 2.75) is 38.9 Å². The number of hydrogen-bond donors (Lipinski definition) is 0. The van der Waals surface area contributed by atoms with Gasteiger partial charge in [0.15, 0.2) is 28.5 Å². The molecule has 0 aliphatic carbocycles. The molecule has 1 saturated heterocycles. The van der Waals surface area contributed by atoms with Crippen LogP contribution in [0.4, 0.5) is 13.2 Å². The highest BCUT2D eigenvalue weighted by Crippen LogP contribution is 2.35. The van der Waals surface area contributed by atoms with Crippen molar-refractivity contribution in [1.29, 1.82) is 0 Å². The molecular formula is C23H25F3N4O3. The molecule has 0 N–H and O–H groups in total. The molecule has 176 valence electrons. The Labute approximate surface area is 189 Å². The summed E-state index contributed by atoms with van der Waals surface area (Å²) in [6, 6.07) is 6.96. The van der Waals surface area contributed by atoms with Crippen LogP contribution in [0.15, 0.2) is 30.3 Å². The standard InChI is InChI=1S/C23H25F3N4O3/c1-13-7-8-29(14(2)9-13)22(31)17-12-21-27-16(11-20(23(24,25)26)30(21)28-17)15-5-6-18(32-3)19(10-15)33-4/h5-6,10-14H,7-9H2,1-4H3. The number of likely N-dealkylation sites (tertiary alicyclic amines) is 1. The maximum atomic E-state index is 13.9. The van der Waals surface area contributed by atoms with Gasteiger partial charge < -0.3 is 14.4 Å². The third-order valence-corrected chi connectivity index (χ3v) is 6.02. The van der Waals surface area contributed by atoms with Gasteiger partial charge in [0.1, 0.15) is 0 Å². The first-order chi connectivity index (χ1) is 15.6. The molecule has 1 fully saturated rings. The average Bonchev–Trinajstić information content (AvgIpc) is 3.21. The Balaban J connectivity index is 1.80. The summed E-state index contributed by atoms with van der Waals surface area (Å²) in [6.45, 7) is 4.61. The van der Waals surface area contributed by atoms with Crippen LogP contribution in [0.5, 0.6) is 11.5 Å². The van der Waals surface area contributed by atoms with Gasteiger partial charge in [0.2, 0.25) is 0 Å². The van der Waals surface area contributed by atoms with E-state index in [2.05, 4.69) is 17.0 Å². The van der Waals surface area contributed by atoms with Gasteiger partial charge in [-0.1, -0.05) is 6.92 Å². The Hall–Kier alpha value is -3.30. The fraction of sp³-hybridized carbons (Fsp3) is 0.435. The van der Waals surface area contributed by atoms with Crippen LogP contribution in [0.3, 0.4) is 0 Å². The van der Waals surface area contributed by atoms with E-state index in [-0.39, 0.29) is 29.0 Å². The van der Waals surface area contributed by atoms with E-state index in [4.69, 9.17) is 9.47 Å². The van der Waals surface area contributed by atoms with Crippen molar-refractivity contribution in [2.75, 3.05) is 20.8 Å². The van der Waals surface area contributed by atoms with Crippen LogP contribution in [0.1, 0.15) is 42.9 Å². The summed E-state index contributed by atoms with van der Waals surface area (Å²) in [4.78, 5) is 19.1. The highest BCUT2D eigenvalue weighted by molar-refractivity contribution is 5.93. The van der Waals surface area contributed by atoms with Crippen LogP contribution < -0.4 is 9.47 Å². The highest BCUT2D eigenvalue weighted by Gasteiger charge is 2.36. The van der Waals surface area contributed by atoms with E-state index in [0.29, 0.717) is 34.0 Å². The Morgan fingerprint density at radius 1 is 1.09 bits per heavy atom. The molecule has 0 bridgehead atoms. The van der Waals surface area contributed by atoms with Crippen molar-refractivity contribution in [3.05, 3.63) is 41.7 Å². The van der Waals surface area contributed by atoms with E-state index in [0.717, 1.165) is 18.9 Å². The lowest BCUT2D eigenvalue weighted by atomic mass is 9.93. The van der Waals surface area contributed by atoms with Gasteiger partial charge in [-0.2, -0.15) is 18.3 Å². The number of methoxy groups -OCH3 is 2. The summed E-state index contributed by atoms with van der Waals surface area (Å²) in [5, 5.41) is 4.00. The molecule has 1 aromatic carbocycles. The number of carbonyl (C=O) groups excluding carboxylic acids is 1. The molecule has 7 nitrogen and oxygen atoms in total. The van der Waals surface area contributed by atoms with E-state index in [1.54, 1.807) is 23.1 Å². The largest absolute Gasteiger partial charge is 0.493 e. The number of benzene rings is 1.